The Morgan fingerprint density at radius 3 is 2.48 bits per heavy atom. The molecule has 0 radical (unpaired) electrons. The van der Waals surface area contributed by atoms with Crippen molar-refractivity contribution in [3.05, 3.63) is 12.2 Å². The Morgan fingerprint density at radius 2 is 1.92 bits per heavy atom. The molecule has 1 spiro atoms. The standard InChI is InChI=1S/C18H26O7/c1-8(2)10-11(14(20)21)17(22)6-9-18(25-15(3,4)24-9)7-23-13(12(10)19)16(17,18)5/h9-13,19,22H,1,6-7H2,2-5H3,(H,20,21)/t9-,10+,11-,12+,13-,16-,17-,18-/m1/s1. The Balaban J connectivity index is 1.92. The minimum atomic E-state index is -1.63. The zero-order valence-electron chi connectivity index (χ0n) is 15.0. The molecule has 4 rings (SSSR count). The van der Waals surface area contributed by atoms with Crippen LogP contribution in [-0.4, -0.2) is 63.2 Å². The van der Waals surface area contributed by atoms with Crippen LogP contribution in [0.2, 0.25) is 0 Å². The summed E-state index contributed by atoms with van der Waals surface area (Å²) in [6.45, 7) is 11.0. The summed E-state index contributed by atoms with van der Waals surface area (Å²) < 4.78 is 18.2. The summed E-state index contributed by atoms with van der Waals surface area (Å²) in [5, 5.41) is 32.6. The Kier molecular flexibility index (Phi) is 3.23. The number of carboxylic acids is 1. The van der Waals surface area contributed by atoms with E-state index in [4.69, 9.17) is 14.2 Å². The molecule has 2 saturated heterocycles. The van der Waals surface area contributed by atoms with E-state index < -0.39 is 58.5 Å². The van der Waals surface area contributed by atoms with E-state index in [-0.39, 0.29) is 13.0 Å². The minimum absolute atomic E-state index is 0.125. The first-order chi connectivity index (χ1) is 11.4. The van der Waals surface area contributed by atoms with E-state index in [1.54, 1.807) is 27.7 Å². The molecule has 2 saturated carbocycles. The van der Waals surface area contributed by atoms with Crippen LogP contribution in [0.25, 0.3) is 0 Å². The van der Waals surface area contributed by atoms with Gasteiger partial charge in [-0.25, -0.2) is 0 Å². The van der Waals surface area contributed by atoms with Gasteiger partial charge in [-0.1, -0.05) is 19.1 Å². The third kappa shape index (κ3) is 1.71. The molecule has 4 fully saturated rings. The van der Waals surface area contributed by atoms with Crippen molar-refractivity contribution < 1.29 is 34.3 Å². The fourth-order valence-electron chi connectivity index (χ4n) is 6.12. The number of hydrogen-bond acceptors (Lipinski definition) is 6. The van der Waals surface area contributed by atoms with Gasteiger partial charge in [0, 0.05) is 12.3 Å². The topological polar surface area (TPSA) is 105 Å². The van der Waals surface area contributed by atoms with Gasteiger partial charge in [0.25, 0.3) is 0 Å². The maximum absolute atomic E-state index is 12.1. The second-order valence-corrected chi connectivity index (χ2v) is 8.74. The van der Waals surface area contributed by atoms with Crippen LogP contribution in [0.5, 0.6) is 0 Å². The number of aliphatic carboxylic acids is 1. The van der Waals surface area contributed by atoms with Crippen molar-refractivity contribution in [1.82, 2.24) is 0 Å². The Labute approximate surface area is 146 Å². The number of carboxylic acid groups (broad SMARTS) is 1. The van der Waals surface area contributed by atoms with Crippen LogP contribution in [0, 0.1) is 17.3 Å². The number of hydrogen-bond donors (Lipinski definition) is 3. The minimum Gasteiger partial charge on any atom is -0.481 e. The largest absolute Gasteiger partial charge is 0.481 e. The number of aliphatic hydroxyl groups is 2. The van der Waals surface area contributed by atoms with Crippen LogP contribution < -0.4 is 0 Å². The summed E-state index contributed by atoms with van der Waals surface area (Å²) in [5.74, 6) is -4.03. The predicted octanol–water partition coefficient (Wildman–Crippen LogP) is 0.684. The molecule has 4 aliphatic rings. The van der Waals surface area contributed by atoms with E-state index in [0.717, 1.165) is 0 Å². The molecule has 0 aromatic carbocycles. The molecule has 2 aliphatic carbocycles. The van der Waals surface area contributed by atoms with Gasteiger partial charge < -0.3 is 29.5 Å². The molecular formula is C18H26O7. The second kappa shape index (κ2) is 4.64. The monoisotopic (exact) mass is 354 g/mol. The van der Waals surface area contributed by atoms with Gasteiger partial charge in [0.2, 0.25) is 0 Å². The molecule has 8 atom stereocenters. The van der Waals surface area contributed by atoms with Crippen LogP contribution in [0.4, 0.5) is 0 Å². The van der Waals surface area contributed by atoms with E-state index >= 15 is 0 Å². The summed E-state index contributed by atoms with van der Waals surface area (Å²) >= 11 is 0. The maximum Gasteiger partial charge on any atom is 0.310 e. The molecule has 7 heteroatoms. The number of carbonyl (C=O) groups is 1. The van der Waals surface area contributed by atoms with Crippen molar-refractivity contribution in [3.63, 3.8) is 0 Å². The molecule has 140 valence electrons. The Hall–Kier alpha value is -0.990. The first-order valence-electron chi connectivity index (χ1n) is 8.69. The van der Waals surface area contributed by atoms with E-state index in [9.17, 15) is 20.1 Å². The Bertz CT molecular complexity index is 660. The van der Waals surface area contributed by atoms with Crippen LogP contribution >= 0.6 is 0 Å². The summed E-state index contributed by atoms with van der Waals surface area (Å²) in [7, 11) is 0. The average Bonchev–Trinajstić information content (AvgIpc) is 2.95. The SMILES string of the molecule is C=C(C)[C@@H]1[C@H](O)[C@H]2OC[C@@]34OC(C)(C)O[C@@H]3C[C@@](O)([C@H]1C(=O)O)[C@@]24C. The van der Waals surface area contributed by atoms with E-state index in [0.29, 0.717) is 5.57 Å². The zero-order valence-corrected chi connectivity index (χ0v) is 15.0. The van der Waals surface area contributed by atoms with Gasteiger partial charge in [0.15, 0.2) is 5.79 Å². The zero-order chi connectivity index (χ0) is 18.6. The van der Waals surface area contributed by atoms with Crippen LogP contribution in [0.15, 0.2) is 12.2 Å². The molecule has 0 aromatic heterocycles. The molecule has 0 amide bonds. The molecule has 3 N–H and O–H groups in total. The third-order valence-electron chi connectivity index (χ3n) is 7.08. The first-order valence-corrected chi connectivity index (χ1v) is 8.69. The predicted molar refractivity (Wildman–Crippen MR) is 85.6 cm³/mol. The number of ether oxygens (including phenoxy) is 3. The van der Waals surface area contributed by atoms with E-state index in [1.807, 2.05) is 0 Å². The van der Waals surface area contributed by atoms with Gasteiger partial charge in [0.1, 0.15) is 5.60 Å². The van der Waals surface area contributed by atoms with Gasteiger partial charge >= 0.3 is 5.97 Å². The normalized spacial score (nSPS) is 55.7. The quantitative estimate of drug-likeness (QED) is 0.626. The van der Waals surface area contributed by atoms with Crippen molar-refractivity contribution in [1.29, 1.82) is 0 Å². The van der Waals surface area contributed by atoms with Crippen LogP contribution in [0.3, 0.4) is 0 Å². The van der Waals surface area contributed by atoms with Gasteiger partial charge in [-0.2, -0.15) is 0 Å². The lowest BCUT2D eigenvalue weighted by molar-refractivity contribution is -0.262. The summed E-state index contributed by atoms with van der Waals surface area (Å²) in [4.78, 5) is 12.1. The lowest BCUT2D eigenvalue weighted by Gasteiger charge is -2.56. The molecule has 25 heavy (non-hydrogen) atoms. The molecule has 0 bridgehead atoms. The average molecular weight is 354 g/mol. The van der Waals surface area contributed by atoms with Crippen molar-refractivity contribution in [2.75, 3.05) is 6.61 Å². The highest BCUT2D eigenvalue weighted by molar-refractivity contribution is 5.74. The summed E-state index contributed by atoms with van der Waals surface area (Å²) in [6, 6.07) is 0. The van der Waals surface area contributed by atoms with Gasteiger partial charge in [-0.05, 0) is 20.8 Å². The molecule has 0 aromatic rings. The molecule has 2 heterocycles. The van der Waals surface area contributed by atoms with E-state index in [1.165, 1.54) is 0 Å². The van der Waals surface area contributed by atoms with Crippen molar-refractivity contribution >= 4 is 5.97 Å². The van der Waals surface area contributed by atoms with Crippen LogP contribution in [0.1, 0.15) is 34.1 Å². The lowest BCUT2D eigenvalue weighted by atomic mass is 9.52. The highest BCUT2D eigenvalue weighted by atomic mass is 16.8. The van der Waals surface area contributed by atoms with E-state index in [2.05, 4.69) is 6.58 Å². The Morgan fingerprint density at radius 1 is 1.28 bits per heavy atom. The first kappa shape index (κ1) is 17.4. The second-order valence-electron chi connectivity index (χ2n) is 8.74. The highest BCUT2D eigenvalue weighted by Gasteiger charge is 2.85. The summed E-state index contributed by atoms with van der Waals surface area (Å²) in [6.07, 6.45) is -2.22. The fourth-order valence-corrected chi connectivity index (χ4v) is 6.12. The lowest BCUT2D eigenvalue weighted by Crippen LogP contribution is -2.71. The van der Waals surface area contributed by atoms with Gasteiger partial charge in [0.05, 0.1) is 41.9 Å². The highest BCUT2D eigenvalue weighted by Crippen LogP contribution is 2.71. The third-order valence-corrected chi connectivity index (χ3v) is 7.08. The smallest absolute Gasteiger partial charge is 0.310 e. The van der Waals surface area contributed by atoms with Crippen molar-refractivity contribution in [3.8, 4) is 0 Å². The molecular weight excluding hydrogens is 328 g/mol. The van der Waals surface area contributed by atoms with Crippen molar-refractivity contribution in [2.24, 2.45) is 17.3 Å². The number of rotatable bonds is 2. The van der Waals surface area contributed by atoms with Crippen molar-refractivity contribution in [2.45, 2.75) is 69.4 Å². The fraction of sp³-hybridized carbons (Fsp3) is 0.833. The van der Waals surface area contributed by atoms with Gasteiger partial charge in [-0.15, -0.1) is 0 Å². The van der Waals surface area contributed by atoms with Crippen LogP contribution in [-0.2, 0) is 19.0 Å². The maximum atomic E-state index is 12.1. The molecule has 0 unspecified atom stereocenters. The van der Waals surface area contributed by atoms with Gasteiger partial charge in [-0.3, -0.25) is 4.79 Å². The molecule has 7 nitrogen and oxygen atoms in total. The number of aliphatic hydroxyl groups excluding tert-OH is 1. The molecule has 2 aliphatic heterocycles. The summed E-state index contributed by atoms with van der Waals surface area (Å²) in [5.41, 5.74) is -3.21.